The van der Waals surface area contributed by atoms with Crippen LogP contribution in [0.5, 0.6) is 0 Å². The fraction of sp³-hybridized carbons (Fsp3) is 0.786. The number of aromatic nitrogens is 2. The number of imidazole rings is 1. The first-order chi connectivity index (χ1) is 11.4. The maximum absolute atomic E-state index is 13.4. The van der Waals surface area contributed by atoms with Crippen LogP contribution in [0.2, 0.25) is 0 Å². The van der Waals surface area contributed by atoms with Crippen LogP contribution >= 0.6 is 7.67 Å². The van der Waals surface area contributed by atoms with E-state index in [4.69, 9.17) is 4.52 Å². The van der Waals surface area contributed by atoms with Crippen molar-refractivity contribution >= 4 is 13.5 Å². The molecule has 0 bridgehead atoms. The maximum atomic E-state index is 13.4. The van der Waals surface area contributed by atoms with Gasteiger partial charge in [0.2, 0.25) is 5.82 Å². The molecule has 0 radical (unpaired) electrons. The van der Waals surface area contributed by atoms with Crippen molar-refractivity contribution in [3.05, 3.63) is 22.1 Å². The Bertz CT molecular complexity index is 650. The van der Waals surface area contributed by atoms with Gasteiger partial charge >= 0.3 is 13.5 Å². The van der Waals surface area contributed by atoms with Crippen molar-refractivity contribution in [1.82, 2.24) is 18.9 Å². The predicted octanol–water partition coefficient (Wildman–Crippen LogP) is 2.56. The number of nitro groups is 1. The van der Waals surface area contributed by atoms with Gasteiger partial charge in [-0.25, -0.2) is 18.9 Å². The molecular formula is C14H24N5O4P. The molecule has 2 saturated heterocycles. The lowest BCUT2D eigenvalue weighted by Crippen LogP contribution is -2.21. The summed E-state index contributed by atoms with van der Waals surface area (Å²) in [6.45, 7) is 7.16. The van der Waals surface area contributed by atoms with Crippen LogP contribution in [0, 0.1) is 16.0 Å². The third-order valence-corrected chi connectivity index (χ3v) is 7.46. The van der Waals surface area contributed by atoms with Crippen molar-refractivity contribution in [2.24, 2.45) is 13.0 Å². The summed E-state index contributed by atoms with van der Waals surface area (Å²) in [6, 6.07) is 0. The topological polar surface area (TPSA) is 93.3 Å². The first kappa shape index (κ1) is 17.5. The predicted molar refractivity (Wildman–Crippen MR) is 88.5 cm³/mol. The van der Waals surface area contributed by atoms with Gasteiger partial charge in [-0.05, 0) is 10.8 Å². The highest BCUT2D eigenvalue weighted by Crippen LogP contribution is 2.64. The molecule has 3 heterocycles. The lowest BCUT2D eigenvalue weighted by atomic mass is 9.96. The highest BCUT2D eigenvalue weighted by atomic mass is 31.2. The Hall–Kier alpha value is -1.28. The van der Waals surface area contributed by atoms with Gasteiger partial charge in [0, 0.05) is 26.2 Å². The molecule has 0 spiro atoms. The van der Waals surface area contributed by atoms with Gasteiger partial charge < -0.3 is 10.1 Å². The van der Waals surface area contributed by atoms with Crippen molar-refractivity contribution in [3.63, 3.8) is 0 Å². The van der Waals surface area contributed by atoms with Crippen molar-refractivity contribution in [1.29, 1.82) is 0 Å². The molecule has 10 heteroatoms. The Balaban J connectivity index is 1.94. The van der Waals surface area contributed by atoms with Crippen molar-refractivity contribution in [2.75, 3.05) is 26.2 Å². The summed E-state index contributed by atoms with van der Waals surface area (Å²) in [4.78, 5) is 14.9. The first-order valence-corrected chi connectivity index (χ1v) is 9.90. The second-order valence-electron chi connectivity index (χ2n) is 6.29. The van der Waals surface area contributed by atoms with Gasteiger partial charge in [0.1, 0.15) is 6.20 Å². The second-order valence-corrected chi connectivity index (χ2v) is 8.61. The van der Waals surface area contributed by atoms with Crippen molar-refractivity contribution < 1.29 is 14.0 Å². The molecule has 0 amide bonds. The minimum Gasteiger partial charge on any atom is -0.358 e. The molecule has 0 saturated carbocycles. The van der Waals surface area contributed by atoms with Crippen LogP contribution in [0.3, 0.4) is 0 Å². The summed E-state index contributed by atoms with van der Waals surface area (Å²) in [7, 11) is -1.42. The minimum atomic E-state index is -3.03. The summed E-state index contributed by atoms with van der Waals surface area (Å²) < 4.78 is 24.7. The molecule has 134 valence electrons. The lowest BCUT2D eigenvalue weighted by Gasteiger charge is -2.29. The fourth-order valence-corrected chi connectivity index (χ4v) is 5.34. The Kier molecular flexibility index (Phi) is 4.79. The number of nitrogens with zero attached hydrogens (tertiary/aromatic N) is 5. The summed E-state index contributed by atoms with van der Waals surface area (Å²) in [5.41, 5.74) is 0. The normalized spacial score (nSPS) is 19.7. The summed E-state index contributed by atoms with van der Waals surface area (Å²) in [5, 5.41) is 11.1. The van der Waals surface area contributed by atoms with Crippen LogP contribution in [-0.2, 0) is 16.1 Å². The highest BCUT2D eigenvalue weighted by molar-refractivity contribution is 7.54. The highest BCUT2D eigenvalue weighted by Gasteiger charge is 2.52. The van der Waals surface area contributed by atoms with Crippen LogP contribution < -0.4 is 0 Å². The van der Waals surface area contributed by atoms with E-state index in [1.54, 1.807) is 7.05 Å². The van der Waals surface area contributed by atoms with Gasteiger partial charge in [-0.15, -0.1) is 0 Å². The standard InChI is InChI=1S/C14H24N5O4P/c1-4-11(5-2)13(14-15-10-12(16(14)3)19(20)21)23-24(22,17-6-7-17)18-8-9-18/h10-11,13H,4-9H2,1-3H3. The quantitative estimate of drug-likeness (QED) is 0.290. The van der Waals surface area contributed by atoms with E-state index in [0.29, 0.717) is 5.82 Å². The average molecular weight is 357 g/mol. The first-order valence-electron chi connectivity index (χ1n) is 8.37. The number of hydrogen-bond acceptors (Lipinski definition) is 5. The van der Waals surface area contributed by atoms with Crippen LogP contribution in [-0.4, -0.2) is 50.0 Å². The molecule has 1 aromatic heterocycles. The van der Waals surface area contributed by atoms with E-state index in [2.05, 4.69) is 4.98 Å². The molecular weight excluding hydrogens is 333 g/mol. The molecule has 2 fully saturated rings. The van der Waals surface area contributed by atoms with Gasteiger partial charge in [-0.2, -0.15) is 0 Å². The molecule has 9 nitrogen and oxygen atoms in total. The van der Waals surface area contributed by atoms with Crippen molar-refractivity contribution in [3.8, 4) is 0 Å². The van der Waals surface area contributed by atoms with E-state index in [1.807, 2.05) is 23.2 Å². The zero-order valence-corrected chi connectivity index (χ0v) is 15.2. The molecule has 1 atom stereocenters. The van der Waals surface area contributed by atoms with Crippen LogP contribution in [0.1, 0.15) is 38.6 Å². The van der Waals surface area contributed by atoms with Gasteiger partial charge in [-0.1, -0.05) is 26.7 Å². The third kappa shape index (κ3) is 3.13. The van der Waals surface area contributed by atoms with Gasteiger partial charge in [0.15, 0.2) is 6.10 Å². The molecule has 2 aliphatic rings. The van der Waals surface area contributed by atoms with E-state index >= 15 is 0 Å². The monoisotopic (exact) mass is 357 g/mol. The van der Waals surface area contributed by atoms with E-state index in [9.17, 15) is 14.7 Å². The Labute approximate surface area is 141 Å². The molecule has 2 aliphatic heterocycles. The smallest absolute Gasteiger partial charge is 0.347 e. The van der Waals surface area contributed by atoms with Gasteiger partial charge in [-0.3, -0.25) is 9.09 Å². The van der Waals surface area contributed by atoms with Gasteiger partial charge in [0.05, 0.1) is 7.05 Å². The molecule has 0 aliphatic carbocycles. The second kappa shape index (κ2) is 6.55. The van der Waals surface area contributed by atoms with E-state index in [-0.39, 0.29) is 11.7 Å². The van der Waals surface area contributed by atoms with Crippen LogP contribution in [0.25, 0.3) is 0 Å². The third-order valence-electron chi connectivity index (χ3n) is 4.73. The Morgan fingerprint density at radius 2 is 1.83 bits per heavy atom. The van der Waals surface area contributed by atoms with E-state index in [0.717, 1.165) is 39.0 Å². The number of hydrogen-bond donors (Lipinski definition) is 0. The molecule has 1 unspecified atom stereocenters. The molecule has 1 aromatic rings. The SMILES string of the molecule is CCC(CC)C(OP(=O)(N1CC1)N1CC1)c1ncc([N+](=O)[O-])n1C. The molecule has 0 aromatic carbocycles. The summed E-state index contributed by atoms with van der Waals surface area (Å²) in [5.74, 6) is 0.482. The van der Waals surface area contributed by atoms with E-state index in [1.165, 1.54) is 10.8 Å². The minimum absolute atomic E-state index is 0.0853. The van der Waals surface area contributed by atoms with Gasteiger partial charge in [0.25, 0.3) is 0 Å². The largest absolute Gasteiger partial charge is 0.358 e. The zero-order chi connectivity index (χ0) is 17.5. The number of rotatable bonds is 9. The van der Waals surface area contributed by atoms with Crippen LogP contribution in [0.4, 0.5) is 5.82 Å². The van der Waals surface area contributed by atoms with Crippen molar-refractivity contribution in [2.45, 2.75) is 32.8 Å². The van der Waals surface area contributed by atoms with E-state index < -0.39 is 18.7 Å². The molecule has 24 heavy (non-hydrogen) atoms. The average Bonchev–Trinajstić information content (AvgIpc) is 3.44. The maximum Gasteiger partial charge on any atom is 0.347 e. The molecule has 3 rings (SSSR count). The van der Waals surface area contributed by atoms with Crippen LogP contribution in [0.15, 0.2) is 6.20 Å². The molecule has 0 N–H and O–H groups in total. The summed E-state index contributed by atoms with van der Waals surface area (Å²) >= 11 is 0. The lowest BCUT2D eigenvalue weighted by molar-refractivity contribution is -0.391. The fourth-order valence-electron chi connectivity index (χ4n) is 2.96. The Morgan fingerprint density at radius 3 is 2.21 bits per heavy atom. The Morgan fingerprint density at radius 1 is 1.29 bits per heavy atom. The summed E-state index contributed by atoms with van der Waals surface area (Å²) in [6.07, 6.45) is 2.36. The zero-order valence-electron chi connectivity index (χ0n) is 14.3.